The Kier molecular flexibility index (Phi) is 3.81. The average Bonchev–Trinajstić information content (AvgIpc) is 2.41. The first-order valence-corrected chi connectivity index (χ1v) is 6.93. The van der Waals surface area contributed by atoms with Crippen molar-refractivity contribution in [3.05, 3.63) is 42.5 Å². The van der Waals surface area contributed by atoms with Crippen LogP contribution in [0.15, 0.2) is 47.4 Å². The summed E-state index contributed by atoms with van der Waals surface area (Å²) in [5.41, 5.74) is 0.337. The number of carbonyl (C=O) groups excluding carboxylic acids is 1. The van der Waals surface area contributed by atoms with E-state index in [1.165, 1.54) is 11.8 Å². The van der Waals surface area contributed by atoms with Crippen molar-refractivity contribution in [2.45, 2.75) is 11.8 Å². The summed E-state index contributed by atoms with van der Waals surface area (Å²) >= 11 is 1.41. The molecule has 3 nitrogen and oxygen atoms in total. The first-order chi connectivity index (χ1) is 9.04. The zero-order valence-electron chi connectivity index (χ0n) is 10.8. The van der Waals surface area contributed by atoms with Crippen molar-refractivity contribution in [1.82, 2.24) is 0 Å². The Balaban J connectivity index is 2.66. The van der Waals surface area contributed by atoms with Crippen LogP contribution in [0, 0.1) is 0 Å². The van der Waals surface area contributed by atoms with Gasteiger partial charge < -0.3 is 9.84 Å². The molecule has 2 aromatic rings. The number of fused-ring (bicyclic) bond motifs is 1. The van der Waals surface area contributed by atoms with Crippen molar-refractivity contribution >= 4 is 28.5 Å². The second-order valence-electron chi connectivity index (χ2n) is 4.14. The predicted molar refractivity (Wildman–Crippen MR) is 77.8 cm³/mol. The molecule has 0 spiro atoms. The standard InChI is InChI=1S/C15H14O3S/c1-9(2)15(17)18-14-11-7-5-4-6-10(11)12(16)8-13(14)19-3/h4-8,16H,1H2,2-3H3. The molecule has 0 saturated carbocycles. The van der Waals surface area contributed by atoms with E-state index in [0.717, 1.165) is 0 Å². The Morgan fingerprint density at radius 3 is 2.53 bits per heavy atom. The Morgan fingerprint density at radius 1 is 1.32 bits per heavy atom. The average molecular weight is 274 g/mol. The van der Waals surface area contributed by atoms with E-state index < -0.39 is 5.97 Å². The summed E-state index contributed by atoms with van der Waals surface area (Å²) in [4.78, 5) is 12.4. The maximum atomic E-state index is 11.7. The minimum absolute atomic E-state index is 0.176. The quantitative estimate of drug-likeness (QED) is 0.401. The van der Waals surface area contributed by atoms with Gasteiger partial charge in [0, 0.05) is 16.3 Å². The fourth-order valence-electron chi connectivity index (χ4n) is 1.74. The molecule has 19 heavy (non-hydrogen) atoms. The summed E-state index contributed by atoms with van der Waals surface area (Å²) in [6.45, 7) is 5.17. The van der Waals surface area contributed by atoms with Gasteiger partial charge in [-0.3, -0.25) is 0 Å². The van der Waals surface area contributed by atoms with Gasteiger partial charge in [0.1, 0.15) is 5.75 Å². The number of hydrogen-bond acceptors (Lipinski definition) is 4. The zero-order valence-corrected chi connectivity index (χ0v) is 11.6. The number of benzene rings is 2. The summed E-state index contributed by atoms with van der Waals surface area (Å²) in [6.07, 6.45) is 1.86. The normalized spacial score (nSPS) is 10.4. The molecule has 0 aliphatic carbocycles. The minimum atomic E-state index is -0.467. The first-order valence-electron chi connectivity index (χ1n) is 5.71. The number of carbonyl (C=O) groups is 1. The second kappa shape index (κ2) is 5.36. The number of phenols is 1. The van der Waals surface area contributed by atoms with Gasteiger partial charge in [0.25, 0.3) is 0 Å². The van der Waals surface area contributed by atoms with Crippen LogP contribution in [0.4, 0.5) is 0 Å². The molecule has 0 saturated heterocycles. The van der Waals surface area contributed by atoms with Gasteiger partial charge in [-0.2, -0.15) is 0 Å². The summed E-state index contributed by atoms with van der Waals surface area (Å²) in [5.74, 6) is 0.176. The zero-order chi connectivity index (χ0) is 14.0. The molecule has 0 atom stereocenters. The van der Waals surface area contributed by atoms with Gasteiger partial charge in [0.05, 0.1) is 4.90 Å². The number of esters is 1. The van der Waals surface area contributed by atoms with Crippen LogP contribution in [0.25, 0.3) is 10.8 Å². The molecule has 0 radical (unpaired) electrons. The van der Waals surface area contributed by atoms with Crippen molar-refractivity contribution in [2.24, 2.45) is 0 Å². The largest absolute Gasteiger partial charge is 0.507 e. The highest BCUT2D eigenvalue weighted by atomic mass is 32.2. The lowest BCUT2D eigenvalue weighted by molar-refractivity contribution is -0.130. The fourth-order valence-corrected chi connectivity index (χ4v) is 2.31. The van der Waals surface area contributed by atoms with E-state index in [1.807, 2.05) is 24.5 Å². The lowest BCUT2D eigenvalue weighted by Crippen LogP contribution is -2.09. The third-order valence-electron chi connectivity index (χ3n) is 2.70. The van der Waals surface area contributed by atoms with Crippen LogP contribution in [-0.4, -0.2) is 17.3 Å². The highest BCUT2D eigenvalue weighted by Gasteiger charge is 2.15. The summed E-state index contributed by atoms with van der Waals surface area (Å²) < 4.78 is 5.40. The Morgan fingerprint density at radius 2 is 1.95 bits per heavy atom. The van der Waals surface area contributed by atoms with Crippen molar-refractivity contribution in [1.29, 1.82) is 0 Å². The lowest BCUT2D eigenvalue weighted by Gasteiger charge is -2.13. The molecule has 0 heterocycles. The van der Waals surface area contributed by atoms with E-state index in [0.29, 0.717) is 27.0 Å². The summed E-state index contributed by atoms with van der Waals surface area (Å²) in [7, 11) is 0. The first kappa shape index (κ1) is 13.5. The Hall–Kier alpha value is -1.94. The molecule has 4 heteroatoms. The molecule has 0 aliphatic heterocycles. The summed E-state index contributed by atoms with van der Waals surface area (Å²) in [5, 5.41) is 11.3. The number of thioether (sulfide) groups is 1. The van der Waals surface area contributed by atoms with Crippen LogP contribution < -0.4 is 4.74 Å². The second-order valence-corrected chi connectivity index (χ2v) is 4.99. The maximum Gasteiger partial charge on any atom is 0.338 e. The van der Waals surface area contributed by atoms with Crippen molar-refractivity contribution in [3.8, 4) is 11.5 Å². The third-order valence-corrected chi connectivity index (χ3v) is 3.45. The number of ether oxygens (including phenoxy) is 1. The van der Waals surface area contributed by atoms with Gasteiger partial charge in [0.15, 0.2) is 5.75 Å². The van der Waals surface area contributed by atoms with Crippen molar-refractivity contribution in [3.63, 3.8) is 0 Å². The molecule has 0 bridgehead atoms. The van der Waals surface area contributed by atoms with E-state index in [1.54, 1.807) is 19.1 Å². The molecule has 98 valence electrons. The van der Waals surface area contributed by atoms with E-state index in [4.69, 9.17) is 4.74 Å². The molecule has 1 N–H and O–H groups in total. The van der Waals surface area contributed by atoms with Gasteiger partial charge in [-0.25, -0.2) is 4.79 Å². The van der Waals surface area contributed by atoms with E-state index >= 15 is 0 Å². The fraction of sp³-hybridized carbons (Fsp3) is 0.133. The van der Waals surface area contributed by atoms with Crippen molar-refractivity contribution in [2.75, 3.05) is 6.26 Å². The molecule has 0 aliphatic rings. The van der Waals surface area contributed by atoms with Crippen LogP contribution in [-0.2, 0) is 4.79 Å². The molecular formula is C15H14O3S. The van der Waals surface area contributed by atoms with E-state index in [9.17, 15) is 9.90 Å². The SMILES string of the molecule is C=C(C)C(=O)Oc1c(SC)cc(O)c2ccccc12. The van der Waals surface area contributed by atoms with E-state index in [-0.39, 0.29) is 5.75 Å². The van der Waals surface area contributed by atoms with Gasteiger partial charge in [-0.1, -0.05) is 30.8 Å². The number of aromatic hydroxyl groups is 1. The molecule has 0 aromatic heterocycles. The van der Waals surface area contributed by atoms with Gasteiger partial charge in [0.2, 0.25) is 0 Å². The molecule has 0 unspecified atom stereocenters. The van der Waals surface area contributed by atoms with Crippen LogP contribution in [0.2, 0.25) is 0 Å². The van der Waals surface area contributed by atoms with Crippen molar-refractivity contribution < 1.29 is 14.6 Å². The predicted octanol–water partition coefficient (Wildman–Crippen LogP) is 3.75. The molecule has 0 amide bonds. The van der Waals surface area contributed by atoms with Crippen LogP contribution in [0.1, 0.15) is 6.92 Å². The molecule has 2 rings (SSSR count). The number of phenolic OH excluding ortho intramolecular Hbond substituents is 1. The number of rotatable bonds is 3. The van der Waals surface area contributed by atoms with Crippen LogP contribution in [0.3, 0.4) is 0 Å². The molecular weight excluding hydrogens is 260 g/mol. The van der Waals surface area contributed by atoms with Gasteiger partial charge in [-0.05, 0) is 19.2 Å². The maximum absolute atomic E-state index is 11.7. The monoisotopic (exact) mass is 274 g/mol. The van der Waals surface area contributed by atoms with E-state index in [2.05, 4.69) is 6.58 Å². The highest BCUT2D eigenvalue weighted by molar-refractivity contribution is 7.98. The lowest BCUT2D eigenvalue weighted by atomic mass is 10.1. The topological polar surface area (TPSA) is 46.5 Å². The Labute approximate surface area is 115 Å². The summed E-state index contributed by atoms with van der Waals surface area (Å²) in [6, 6.07) is 8.87. The van der Waals surface area contributed by atoms with Crippen LogP contribution in [0.5, 0.6) is 11.5 Å². The minimum Gasteiger partial charge on any atom is -0.507 e. The smallest absolute Gasteiger partial charge is 0.338 e. The van der Waals surface area contributed by atoms with Gasteiger partial charge in [-0.15, -0.1) is 11.8 Å². The highest BCUT2D eigenvalue weighted by Crippen LogP contribution is 2.40. The molecule has 2 aromatic carbocycles. The third kappa shape index (κ3) is 2.58. The van der Waals surface area contributed by atoms with Gasteiger partial charge >= 0.3 is 5.97 Å². The Bertz CT molecular complexity index is 662. The van der Waals surface area contributed by atoms with Crippen LogP contribution >= 0.6 is 11.8 Å². The number of hydrogen-bond donors (Lipinski definition) is 1. The molecule has 0 fully saturated rings.